The van der Waals surface area contributed by atoms with Crippen LogP contribution in [0.15, 0.2) is 12.3 Å². The van der Waals surface area contributed by atoms with Crippen molar-refractivity contribution in [2.24, 2.45) is 5.92 Å². The zero-order valence-corrected chi connectivity index (χ0v) is 12.4. The van der Waals surface area contributed by atoms with Gasteiger partial charge in [0.2, 0.25) is 5.95 Å². The van der Waals surface area contributed by atoms with E-state index < -0.39 is 0 Å². The molecule has 0 radical (unpaired) electrons. The Balaban J connectivity index is 2.18. The molecule has 1 N–H and O–H groups in total. The standard InChI is InChI=1S/C15H26N4/c1-4-16-15-17-10-9-14(18-15)19(11-12(2)3)13-7-5-6-8-13/h9-10,12-13H,4-8,11H2,1-3H3,(H,16,17,18). The predicted octanol–water partition coefficient (Wildman–Crippen LogP) is 3.31. The maximum absolute atomic E-state index is 4.66. The highest BCUT2D eigenvalue weighted by molar-refractivity contribution is 5.43. The van der Waals surface area contributed by atoms with E-state index in [1.54, 1.807) is 0 Å². The van der Waals surface area contributed by atoms with Gasteiger partial charge in [-0.05, 0) is 31.7 Å². The fraction of sp³-hybridized carbons (Fsp3) is 0.733. The van der Waals surface area contributed by atoms with Crippen LogP contribution in [-0.2, 0) is 0 Å². The van der Waals surface area contributed by atoms with Gasteiger partial charge >= 0.3 is 0 Å². The van der Waals surface area contributed by atoms with E-state index in [2.05, 4.69) is 41.0 Å². The molecule has 0 aliphatic heterocycles. The molecule has 1 heterocycles. The zero-order chi connectivity index (χ0) is 13.7. The summed E-state index contributed by atoms with van der Waals surface area (Å²) in [5.41, 5.74) is 0. The average Bonchev–Trinajstić information content (AvgIpc) is 2.90. The van der Waals surface area contributed by atoms with Crippen molar-refractivity contribution in [3.63, 3.8) is 0 Å². The molecule has 1 aromatic rings. The van der Waals surface area contributed by atoms with Crippen molar-refractivity contribution >= 4 is 11.8 Å². The molecular weight excluding hydrogens is 236 g/mol. The van der Waals surface area contributed by atoms with Gasteiger partial charge in [-0.1, -0.05) is 26.7 Å². The van der Waals surface area contributed by atoms with Gasteiger partial charge in [0.1, 0.15) is 5.82 Å². The quantitative estimate of drug-likeness (QED) is 0.854. The minimum Gasteiger partial charge on any atom is -0.354 e. The Morgan fingerprint density at radius 3 is 2.74 bits per heavy atom. The number of rotatable bonds is 6. The van der Waals surface area contributed by atoms with Crippen LogP contribution < -0.4 is 10.2 Å². The van der Waals surface area contributed by atoms with E-state index in [1.807, 2.05) is 12.3 Å². The van der Waals surface area contributed by atoms with E-state index >= 15 is 0 Å². The number of anilines is 2. The summed E-state index contributed by atoms with van der Waals surface area (Å²) in [5, 5.41) is 3.20. The van der Waals surface area contributed by atoms with Gasteiger partial charge in [-0.2, -0.15) is 4.98 Å². The topological polar surface area (TPSA) is 41.1 Å². The molecule has 1 fully saturated rings. The first-order chi connectivity index (χ1) is 9.20. The molecule has 0 aromatic carbocycles. The van der Waals surface area contributed by atoms with Crippen molar-refractivity contribution < 1.29 is 0 Å². The van der Waals surface area contributed by atoms with Crippen LogP contribution in [0.4, 0.5) is 11.8 Å². The normalized spacial score (nSPS) is 16.0. The number of hydrogen-bond acceptors (Lipinski definition) is 4. The fourth-order valence-electron chi connectivity index (χ4n) is 2.79. The van der Waals surface area contributed by atoms with Crippen molar-refractivity contribution in [1.29, 1.82) is 0 Å². The summed E-state index contributed by atoms with van der Waals surface area (Å²) in [6.07, 6.45) is 7.16. The third-order valence-electron chi connectivity index (χ3n) is 3.60. The smallest absolute Gasteiger partial charge is 0.224 e. The highest BCUT2D eigenvalue weighted by Crippen LogP contribution is 2.28. The van der Waals surface area contributed by atoms with Crippen LogP contribution in [0.2, 0.25) is 0 Å². The highest BCUT2D eigenvalue weighted by atomic mass is 15.2. The predicted molar refractivity (Wildman–Crippen MR) is 80.6 cm³/mol. The Labute approximate surface area is 116 Å². The van der Waals surface area contributed by atoms with Crippen LogP contribution in [0.5, 0.6) is 0 Å². The first-order valence-electron chi connectivity index (χ1n) is 7.54. The van der Waals surface area contributed by atoms with Crippen LogP contribution in [-0.4, -0.2) is 29.1 Å². The van der Waals surface area contributed by atoms with E-state index in [0.717, 1.165) is 24.9 Å². The molecule has 4 heteroatoms. The number of nitrogens with one attached hydrogen (secondary N) is 1. The van der Waals surface area contributed by atoms with Crippen molar-refractivity contribution in [2.45, 2.75) is 52.5 Å². The molecule has 2 rings (SSSR count). The van der Waals surface area contributed by atoms with Gasteiger partial charge in [0.25, 0.3) is 0 Å². The maximum Gasteiger partial charge on any atom is 0.224 e. The molecule has 4 nitrogen and oxygen atoms in total. The fourth-order valence-corrected chi connectivity index (χ4v) is 2.79. The summed E-state index contributed by atoms with van der Waals surface area (Å²) in [5.74, 6) is 2.47. The summed E-state index contributed by atoms with van der Waals surface area (Å²) < 4.78 is 0. The van der Waals surface area contributed by atoms with E-state index in [9.17, 15) is 0 Å². The van der Waals surface area contributed by atoms with Crippen LogP contribution in [0, 0.1) is 5.92 Å². The number of nitrogens with zero attached hydrogens (tertiary/aromatic N) is 3. The van der Waals surface area contributed by atoms with Crippen LogP contribution in [0.3, 0.4) is 0 Å². The number of aromatic nitrogens is 2. The molecule has 0 unspecified atom stereocenters. The Morgan fingerprint density at radius 2 is 2.11 bits per heavy atom. The van der Waals surface area contributed by atoms with E-state index in [0.29, 0.717) is 12.0 Å². The van der Waals surface area contributed by atoms with Gasteiger partial charge < -0.3 is 10.2 Å². The second-order valence-corrected chi connectivity index (χ2v) is 5.75. The Hall–Kier alpha value is -1.32. The largest absolute Gasteiger partial charge is 0.354 e. The maximum atomic E-state index is 4.66. The van der Waals surface area contributed by atoms with Gasteiger partial charge in [0, 0.05) is 25.3 Å². The van der Waals surface area contributed by atoms with Gasteiger partial charge in [0.05, 0.1) is 0 Å². The minimum absolute atomic E-state index is 0.651. The van der Waals surface area contributed by atoms with Crippen molar-refractivity contribution in [3.8, 4) is 0 Å². The summed E-state index contributed by atoms with van der Waals surface area (Å²) >= 11 is 0. The zero-order valence-electron chi connectivity index (χ0n) is 12.4. The lowest BCUT2D eigenvalue weighted by molar-refractivity contribution is 0.531. The lowest BCUT2D eigenvalue weighted by Crippen LogP contribution is -2.37. The van der Waals surface area contributed by atoms with E-state index in [4.69, 9.17) is 0 Å². The first-order valence-corrected chi connectivity index (χ1v) is 7.54. The van der Waals surface area contributed by atoms with Crippen LogP contribution in [0.1, 0.15) is 46.5 Å². The Kier molecular flexibility index (Phi) is 5.00. The third kappa shape index (κ3) is 3.82. The highest BCUT2D eigenvalue weighted by Gasteiger charge is 2.24. The summed E-state index contributed by atoms with van der Waals surface area (Å²) in [6, 6.07) is 2.70. The summed E-state index contributed by atoms with van der Waals surface area (Å²) in [7, 11) is 0. The molecule has 106 valence electrons. The summed E-state index contributed by atoms with van der Waals surface area (Å²) in [6.45, 7) is 8.55. The van der Waals surface area contributed by atoms with Gasteiger partial charge in [0.15, 0.2) is 0 Å². The molecule has 1 aliphatic rings. The number of hydrogen-bond donors (Lipinski definition) is 1. The van der Waals surface area contributed by atoms with Crippen LogP contribution in [0.25, 0.3) is 0 Å². The molecule has 1 saturated carbocycles. The van der Waals surface area contributed by atoms with E-state index in [-0.39, 0.29) is 0 Å². The SMILES string of the molecule is CCNc1nccc(N(CC(C)C)C2CCCC2)n1. The second-order valence-electron chi connectivity index (χ2n) is 5.75. The van der Waals surface area contributed by atoms with E-state index in [1.165, 1.54) is 25.7 Å². The molecule has 19 heavy (non-hydrogen) atoms. The summed E-state index contributed by atoms with van der Waals surface area (Å²) in [4.78, 5) is 11.4. The molecule has 0 saturated heterocycles. The molecule has 1 aliphatic carbocycles. The molecule has 0 spiro atoms. The van der Waals surface area contributed by atoms with Crippen molar-refractivity contribution in [2.75, 3.05) is 23.3 Å². The lowest BCUT2D eigenvalue weighted by Gasteiger charge is -2.31. The average molecular weight is 262 g/mol. The molecule has 0 amide bonds. The Bertz CT molecular complexity index is 385. The van der Waals surface area contributed by atoms with Gasteiger partial charge in [-0.3, -0.25) is 0 Å². The first kappa shape index (κ1) is 14.1. The van der Waals surface area contributed by atoms with Gasteiger partial charge in [-0.15, -0.1) is 0 Å². The minimum atomic E-state index is 0.651. The molecule has 0 bridgehead atoms. The molecule has 0 atom stereocenters. The monoisotopic (exact) mass is 262 g/mol. The van der Waals surface area contributed by atoms with Crippen molar-refractivity contribution in [1.82, 2.24) is 9.97 Å². The lowest BCUT2D eigenvalue weighted by atomic mass is 10.1. The third-order valence-corrected chi connectivity index (χ3v) is 3.60. The van der Waals surface area contributed by atoms with Crippen LogP contribution >= 0.6 is 0 Å². The Morgan fingerprint density at radius 1 is 1.37 bits per heavy atom. The second kappa shape index (κ2) is 6.73. The van der Waals surface area contributed by atoms with Gasteiger partial charge in [-0.25, -0.2) is 4.98 Å². The molecular formula is C15H26N4. The molecule has 1 aromatic heterocycles. The van der Waals surface area contributed by atoms with Crippen molar-refractivity contribution in [3.05, 3.63) is 12.3 Å².